The van der Waals surface area contributed by atoms with E-state index in [4.69, 9.17) is 4.74 Å². The Balaban J connectivity index is 1.37. The van der Waals surface area contributed by atoms with Crippen molar-refractivity contribution in [2.45, 2.75) is 31.8 Å². The van der Waals surface area contributed by atoms with Crippen LogP contribution in [-0.2, 0) is 11.2 Å². The Morgan fingerprint density at radius 2 is 2.09 bits per heavy atom. The molecule has 2 atom stereocenters. The minimum absolute atomic E-state index is 0.198. The fraction of sp³-hybridized carbons (Fsp3) is 0.611. The minimum Gasteiger partial charge on any atom is -0.493 e. The quantitative estimate of drug-likeness (QED) is 0.910. The summed E-state index contributed by atoms with van der Waals surface area (Å²) in [6, 6.07) is 7.51. The van der Waals surface area contributed by atoms with E-state index in [2.05, 4.69) is 40.2 Å². The van der Waals surface area contributed by atoms with E-state index in [-0.39, 0.29) is 5.91 Å². The van der Waals surface area contributed by atoms with Crippen molar-refractivity contribution in [3.63, 3.8) is 0 Å². The highest BCUT2D eigenvalue weighted by Crippen LogP contribution is 2.31. The van der Waals surface area contributed by atoms with Gasteiger partial charge in [-0.3, -0.25) is 14.6 Å². The Morgan fingerprint density at radius 3 is 2.83 bits per heavy atom. The number of amides is 1. The van der Waals surface area contributed by atoms with Gasteiger partial charge in [-0.15, -0.1) is 0 Å². The third-order valence-electron chi connectivity index (χ3n) is 5.57. The summed E-state index contributed by atoms with van der Waals surface area (Å²) in [6.07, 6.45) is 1.70. The van der Waals surface area contributed by atoms with Gasteiger partial charge in [0.25, 0.3) is 0 Å². The number of fused-ring (bicyclic) bond motifs is 1. The first-order valence-corrected chi connectivity index (χ1v) is 8.71. The van der Waals surface area contributed by atoms with Crippen LogP contribution in [0.1, 0.15) is 30.5 Å². The lowest BCUT2D eigenvalue weighted by Gasteiger charge is -2.40. The van der Waals surface area contributed by atoms with Crippen molar-refractivity contribution in [1.29, 1.82) is 0 Å². The lowest BCUT2D eigenvalue weighted by molar-refractivity contribution is -0.119. The van der Waals surface area contributed by atoms with Gasteiger partial charge >= 0.3 is 0 Å². The first-order chi connectivity index (χ1) is 11.2. The molecule has 5 heteroatoms. The second kappa shape index (κ2) is 6.13. The molecule has 4 rings (SSSR count). The zero-order chi connectivity index (χ0) is 15.8. The van der Waals surface area contributed by atoms with Crippen molar-refractivity contribution in [2.24, 2.45) is 0 Å². The second-order valence-corrected chi connectivity index (χ2v) is 6.88. The Hall–Kier alpha value is -1.59. The molecule has 2 unspecified atom stereocenters. The molecule has 0 saturated carbocycles. The molecule has 2 fully saturated rings. The van der Waals surface area contributed by atoms with E-state index in [9.17, 15) is 4.79 Å². The summed E-state index contributed by atoms with van der Waals surface area (Å²) in [6.45, 7) is 8.13. The van der Waals surface area contributed by atoms with Crippen LogP contribution in [0.5, 0.6) is 5.75 Å². The molecule has 23 heavy (non-hydrogen) atoms. The molecule has 1 aromatic rings. The molecule has 1 N–H and O–H groups in total. The largest absolute Gasteiger partial charge is 0.493 e. The van der Waals surface area contributed by atoms with Gasteiger partial charge in [-0.25, -0.2) is 0 Å². The van der Waals surface area contributed by atoms with Crippen molar-refractivity contribution in [3.05, 3.63) is 29.3 Å². The van der Waals surface area contributed by atoms with E-state index < -0.39 is 0 Å². The van der Waals surface area contributed by atoms with Gasteiger partial charge in [-0.05, 0) is 24.1 Å². The van der Waals surface area contributed by atoms with Crippen molar-refractivity contribution in [2.75, 3.05) is 39.3 Å². The molecule has 0 aliphatic carbocycles. The molecule has 3 aliphatic rings. The lowest BCUT2D eigenvalue weighted by Crippen LogP contribution is -2.51. The SMILES string of the molecule is CC(c1ccc2c(c1)OCC2)N1CCN(C2CNC(=O)C2)CC1. The van der Waals surface area contributed by atoms with E-state index in [1.54, 1.807) is 0 Å². The average Bonchev–Trinajstić information content (AvgIpc) is 3.22. The third kappa shape index (κ3) is 2.95. The van der Waals surface area contributed by atoms with Crippen LogP contribution >= 0.6 is 0 Å². The van der Waals surface area contributed by atoms with Gasteiger partial charge in [-0.1, -0.05) is 12.1 Å². The number of hydrogen-bond acceptors (Lipinski definition) is 4. The van der Waals surface area contributed by atoms with Gasteiger partial charge in [0, 0.05) is 57.6 Å². The molecule has 0 radical (unpaired) electrons. The van der Waals surface area contributed by atoms with Crippen LogP contribution in [-0.4, -0.2) is 61.1 Å². The topological polar surface area (TPSA) is 44.8 Å². The fourth-order valence-corrected chi connectivity index (χ4v) is 3.99. The van der Waals surface area contributed by atoms with Crippen molar-refractivity contribution < 1.29 is 9.53 Å². The molecule has 3 heterocycles. The number of benzene rings is 1. The Morgan fingerprint density at radius 1 is 1.26 bits per heavy atom. The second-order valence-electron chi connectivity index (χ2n) is 6.88. The van der Waals surface area contributed by atoms with E-state index >= 15 is 0 Å². The zero-order valence-corrected chi connectivity index (χ0v) is 13.8. The molecule has 3 aliphatic heterocycles. The summed E-state index contributed by atoms with van der Waals surface area (Å²) in [7, 11) is 0. The highest BCUT2D eigenvalue weighted by atomic mass is 16.5. The smallest absolute Gasteiger partial charge is 0.221 e. The summed E-state index contributed by atoms with van der Waals surface area (Å²) in [5, 5.41) is 2.94. The molecule has 1 aromatic carbocycles. The number of rotatable bonds is 3. The number of carbonyl (C=O) groups excluding carboxylic acids is 1. The molecular formula is C18H25N3O2. The fourth-order valence-electron chi connectivity index (χ4n) is 3.99. The molecule has 1 amide bonds. The summed E-state index contributed by atoms with van der Waals surface area (Å²) in [4.78, 5) is 16.4. The molecule has 0 bridgehead atoms. The first-order valence-electron chi connectivity index (χ1n) is 8.71. The Kier molecular flexibility index (Phi) is 3.99. The lowest BCUT2D eigenvalue weighted by atomic mass is 10.0. The Bertz CT molecular complexity index is 596. The summed E-state index contributed by atoms with van der Waals surface area (Å²) >= 11 is 0. The Labute approximate surface area is 137 Å². The van der Waals surface area contributed by atoms with E-state index in [0.717, 1.165) is 51.5 Å². The average molecular weight is 315 g/mol. The maximum Gasteiger partial charge on any atom is 0.221 e. The summed E-state index contributed by atoms with van der Waals surface area (Å²) in [5.41, 5.74) is 2.68. The maximum absolute atomic E-state index is 11.4. The number of ether oxygens (including phenoxy) is 1. The van der Waals surface area contributed by atoms with Crippen LogP contribution in [0.4, 0.5) is 0 Å². The number of hydrogen-bond donors (Lipinski definition) is 1. The van der Waals surface area contributed by atoms with Crippen molar-refractivity contribution >= 4 is 5.91 Å². The van der Waals surface area contributed by atoms with Crippen molar-refractivity contribution in [1.82, 2.24) is 15.1 Å². The van der Waals surface area contributed by atoms with Gasteiger partial charge in [0.1, 0.15) is 5.75 Å². The van der Waals surface area contributed by atoms with Gasteiger partial charge in [0.15, 0.2) is 0 Å². The van der Waals surface area contributed by atoms with Crippen LogP contribution in [0, 0.1) is 0 Å². The first kappa shape index (κ1) is 15.0. The highest BCUT2D eigenvalue weighted by Gasteiger charge is 2.31. The van der Waals surface area contributed by atoms with E-state index in [1.165, 1.54) is 11.1 Å². The molecule has 2 saturated heterocycles. The van der Waals surface area contributed by atoms with E-state index in [0.29, 0.717) is 18.5 Å². The van der Waals surface area contributed by atoms with Crippen molar-refractivity contribution in [3.8, 4) is 5.75 Å². The molecule has 0 aromatic heterocycles. The number of carbonyl (C=O) groups is 1. The monoisotopic (exact) mass is 315 g/mol. The number of piperazine rings is 1. The standard InChI is InChI=1S/C18H25N3O2/c1-13(15-3-2-14-4-9-23-17(14)10-15)20-5-7-21(8-6-20)16-11-18(22)19-12-16/h2-3,10,13,16H,4-9,11-12H2,1H3,(H,19,22). The third-order valence-corrected chi connectivity index (χ3v) is 5.57. The molecule has 0 spiro atoms. The van der Waals surface area contributed by atoms with Crippen LogP contribution < -0.4 is 10.1 Å². The maximum atomic E-state index is 11.4. The van der Waals surface area contributed by atoms with Gasteiger partial charge in [0.05, 0.1) is 6.61 Å². The molecule has 5 nitrogen and oxygen atoms in total. The zero-order valence-electron chi connectivity index (χ0n) is 13.8. The summed E-state index contributed by atoms with van der Waals surface area (Å²) in [5.74, 6) is 1.27. The predicted molar refractivity (Wildman–Crippen MR) is 88.6 cm³/mol. The predicted octanol–water partition coefficient (Wildman–Crippen LogP) is 1.19. The van der Waals surface area contributed by atoms with Crippen LogP contribution in [0.3, 0.4) is 0 Å². The summed E-state index contributed by atoms with van der Waals surface area (Å²) < 4.78 is 5.71. The van der Waals surface area contributed by atoms with Crippen LogP contribution in [0.2, 0.25) is 0 Å². The van der Waals surface area contributed by atoms with Crippen LogP contribution in [0.15, 0.2) is 18.2 Å². The number of nitrogens with one attached hydrogen (secondary N) is 1. The molecular weight excluding hydrogens is 290 g/mol. The van der Waals surface area contributed by atoms with Gasteiger partial charge in [0.2, 0.25) is 5.91 Å². The van der Waals surface area contributed by atoms with Gasteiger partial charge < -0.3 is 10.1 Å². The van der Waals surface area contributed by atoms with Gasteiger partial charge in [-0.2, -0.15) is 0 Å². The molecule has 124 valence electrons. The minimum atomic E-state index is 0.198. The van der Waals surface area contributed by atoms with Crippen LogP contribution in [0.25, 0.3) is 0 Å². The highest BCUT2D eigenvalue weighted by molar-refractivity contribution is 5.78. The normalized spacial score (nSPS) is 26.7. The number of nitrogens with zero attached hydrogens (tertiary/aromatic N) is 2. The van der Waals surface area contributed by atoms with E-state index in [1.807, 2.05) is 0 Å².